The van der Waals surface area contributed by atoms with Crippen molar-refractivity contribution in [3.05, 3.63) is 29.8 Å². The van der Waals surface area contributed by atoms with E-state index in [9.17, 15) is 9.59 Å². The summed E-state index contributed by atoms with van der Waals surface area (Å²) < 4.78 is 0. The number of nitrogens with one attached hydrogen (secondary N) is 2. The maximum atomic E-state index is 11.8. The number of nitrogens with zero attached hydrogens (tertiary/aromatic N) is 1. The number of amides is 2. The summed E-state index contributed by atoms with van der Waals surface area (Å²) in [6, 6.07) is 7.13. The first-order valence-electron chi connectivity index (χ1n) is 6.16. The van der Waals surface area contributed by atoms with Crippen LogP contribution in [0.3, 0.4) is 0 Å². The lowest BCUT2D eigenvalue weighted by molar-refractivity contribution is -0.117. The van der Waals surface area contributed by atoms with Crippen LogP contribution >= 0.6 is 0 Å². The first-order valence-corrected chi connectivity index (χ1v) is 6.16. The molecule has 0 atom stereocenters. The van der Waals surface area contributed by atoms with E-state index < -0.39 is 0 Å². The van der Waals surface area contributed by atoms with E-state index >= 15 is 0 Å². The fourth-order valence-corrected chi connectivity index (χ4v) is 1.98. The minimum absolute atomic E-state index is 0.124. The van der Waals surface area contributed by atoms with E-state index in [1.807, 2.05) is 13.0 Å². The van der Waals surface area contributed by atoms with Gasteiger partial charge in [-0.15, -0.1) is 0 Å². The van der Waals surface area contributed by atoms with Gasteiger partial charge in [0.1, 0.15) is 0 Å². The average Bonchev–Trinajstić information content (AvgIpc) is 2.82. The minimum Gasteiger partial charge on any atom is -0.312 e. The SMILES string of the molecule is CCNNC(=O)c1cccc(N2CCCC2=O)c1. The van der Waals surface area contributed by atoms with Gasteiger partial charge >= 0.3 is 0 Å². The van der Waals surface area contributed by atoms with Gasteiger partial charge in [0.25, 0.3) is 5.91 Å². The van der Waals surface area contributed by atoms with Crippen molar-refractivity contribution in [1.82, 2.24) is 10.9 Å². The Kier molecular flexibility index (Phi) is 3.94. The molecule has 1 saturated heterocycles. The van der Waals surface area contributed by atoms with Crippen LogP contribution in [0.25, 0.3) is 0 Å². The summed E-state index contributed by atoms with van der Waals surface area (Å²) >= 11 is 0. The first kappa shape index (κ1) is 12.6. The number of carbonyl (C=O) groups excluding carboxylic acids is 2. The molecule has 1 aliphatic heterocycles. The maximum absolute atomic E-state index is 11.8. The molecule has 0 unspecified atom stereocenters. The van der Waals surface area contributed by atoms with Gasteiger partial charge in [-0.25, -0.2) is 5.43 Å². The number of benzene rings is 1. The molecule has 5 heteroatoms. The zero-order valence-corrected chi connectivity index (χ0v) is 10.4. The fraction of sp³-hybridized carbons (Fsp3) is 0.385. The molecule has 2 N–H and O–H groups in total. The molecule has 1 aromatic rings. The molecule has 0 radical (unpaired) electrons. The number of hydrazine groups is 1. The maximum Gasteiger partial charge on any atom is 0.265 e. The van der Waals surface area contributed by atoms with E-state index in [1.165, 1.54) is 0 Å². The molecule has 1 aliphatic rings. The Hall–Kier alpha value is -1.88. The van der Waals surface area contributed by atoms with Gasteiger partial charge in [0.2, 0.25) is 5.91 Å². The largest absolute Gasteiger partial charge is 0.312 e. The summed E-state index contributed by atoms with van der Waals surface area (Å²) in [6.45, 7) is 3.30. The Balaban J connectivity index is 2.14. The second-order valence-corrected chi connectivity index (χ2v) is 4.18. The van der Waals surface area contributed by atoms with Gasteiger partial charge in [-0.2, -0.15) is 0 Å². The normalized spacial score (nSPS) is 14.9. The van der Waals surface area contributed by atoms with Crippen molar-refractivity contribution in [1.29, 1.82) is 0 Å². The van der Waals surface area contributed by atoms with Crippen molar-refractivity contribution in [3.8, 4) is 0 Å². The molecule has 0 bridgehead atoms. The Morgan fingerprint density at radius 3 is 2.94 bits per heavy atom. The van der Waals surface area contributed by atoms with Gasteiger partial charge in [-0.3, -0.25) is 15.0 Å². The summed E-state index contributed by atoms with van der Waals surface area (Å²) in [5.41, 5.74) is 6.69. The predicted molar refractivity (Wildman–Crippen MR) is 69.2 cm³/mol. The molecule has 5 nitrogen and oxygen atoms in total. The van der Waals surface area contributed by atoms with Crippen LogP contribution in [0, 0.1) is 0 Å². The van der Waals surface area contributed by atoms with Crippen molar-refractivity contribution in [2.75, 3.05) is 18.0 Å². The van der Waals surface area contributed by atoms with Gasteiger partial charge in [-0.1, -0.05) is 13.0 Å². The van der Waals surface area contributed by atoms with Crippen LogP contribution in [0.15, 0.2) is 24.3 Å². The molecule has 0 saturated carbocycles. The van der Waals surface area contributed by atoms with E-state index in [4.69, 9.17) is 0 Å². The van der Waals surface area contributed by atoms with Crippen LogP contribution in [-0.4, -0.2) is 24.9 Å². The summed E-state index contributed by atoms with van der Waals surface area (Å²) in [7, 11) is 0. The molecular formula is C13H17N3O2. The Morgan fingerprint density at radius 2 is 2.28 bits per heavy atom. The highest BCUT2D eigenvalue weighted by molar-refractivity contribution is 5.98. The molecule has 1 aromatic carbocycles. The van der Waals surface area contributed by atoms with Gasteiger partial charge in [0, 0.05) is 30.8 Å². The second kappa shape index (κ2) is 5.64. The summed E-state index contributed by atoms with van der Waals surface area (Å²) in [5, 5.41) is 0. The van der Waals surface area contributed by atoms with Gasteiger partial charge in [0.05, 0.1) is 0 Å². The Labute approximate surface area is 106 Å². The summed E-state index contributed by atoms with van der Waals surface area (Å²) in [5.74, 6) is -0.0652. The molecule has 2 rings (SSSR count). The lowest BCUT2D eigenvalue weighted by Crippen LogP contribution is -2.37. The van der Waals surface area contributed by atoms with E-state index in [0.717, 1.165) is 18.7 Å². The highest BCUT2D eigenvalue weighted by atomic mass is 16.2. The third kappa shape index (κ3) is 2.68. The first-order chi connectivity index (χ1) is 8.72. The van der Waals surface area contributed by atoms with Crippen LogP contribution in [0.1, 0.15) is 30.1 Å². The molecule has 0 aromatic heterocycles. The predicted octanol–water partition coefficient (Wildman–Crippen LogP) is 1.07. The van der Waals surface area contributed by atoms with Crippen LogP contribution in [0.5, 0.6) is 0 Å². The van der Waals surface area contributed by atoms with Gasteiger partial charge < -0.3 is 4.90 Å². The summed E-state index contributed by atoms with van der Waals surface area (Å²) in [6.07, 6.45) is 1.47. The lowest BCUT2D eigenvalue weighted by atomic mass is 10.2. The topological polar surface area (TPSA) is 61.4 Å². The van der Waals surface area contributed by atoms with Gasteiger partial charge in [0.15, 0.2) is 0 Å². The van der Waals surface area contributed by atoms with E-state index in [1.54, 1.807) is 23.1 Å². The van der Waals surface area contributed by atoms with Crippen molar-refractivity contribution in [2.45, 2.75) is 19.8 Å². The smallest absolute Gasteiger partial charge is 0.265 e. The third-order valence-corrected chi connectivity index (χ3v) is 2.87. The molecular weight excluding hydrogens is 230 g/mol. The van der Waals surface area contributed by atoms with Crippen LogP contribution in [-0.2, 0) is 4.79 Å². The monoisotopic (exact) mass is 247 g/mol. The van der Waals surface area contributed by atoms with Crippen molar-refractivity contribution >= 4 is 17.5 Å². The number of anilines is 1. The van der Waals surface area contributed by atoms with Gasteiger partial charge in [-0.05, 0) is 24.6 Å². The minimum atomic E-state index is -0.189. The van der Waals surface area contributed by atoms with E-state index in [0.29, 0.717) is 18.5 Å². The standard InChI is InChI=1S/C13H17N3O2/c1-2-14-15-13(18)10-5-3-6-11(9-10)16-8-4-7-12(16)17/h3,5-6,9,14H,2,4,7-8H2,1H3,(H,15,18). The number of hydrogen-bond donors (Lipinski definition) is 2. The lowest BCUT2D eigenvalue weighted by Gasteiger charge is -2.16. The van der Waals surface area contributed by atoms with Crippen LogP contribution in [0.2, 0.25) is 0 Å². The number of carbonyl (C=O) groups is 2. The van der Waals surface area contributed by atoms with Crippen molar-refractivity contribution < 1.29 is 9.59 Å². The van der Waals surface area contributed by atoms with E-state index in [-0.39, 0.29) is 11.8 Å². The zero-order chi connectivity index (χ0) is 13.0. The number of hydrogen-bond acceptors (Lipinski definition) is 3. The van der Waals surface area contributed by atoms with Crippen molar-refractivity contribution in [3.63, 3.8) is 0 Å². The highest BCUT2D eigenvalue weighted by Gasteiger charge is 2.22. The highest BCUT2D eigenvalue weighted by Crippen LogP contribution is 2.22. The number of rotatable bonds is 4. The van der Waals surface area contributed by atoms with Crippen molar-refractivity contribution in [2.24, 2.45) is 0 Å². The molecule has 1 heterocycles. The molecule has 1 fully saturated rings. The second-order valence-electron chi connectivity index (χ2n) is 4.18. The van der Waals surface area contributed by atoms with Crippen LogP contribution < -0.4 is 15.8 Å². The Bertz CT molecular complexity index is 459. The summed E-state index contributed by atoms with van der Waals surface area (Å²) in [4.78, 5) is 25.1. The third-order valence-electron chi connectivity index (χ3n) is 2.87. The quantitative estimate of drug-likeness (QED) is 0.782. The zero-order valence-electron chi connectivity index (χ0n) is 10.4. The molecule has 0 spiro atoms. The van der Waals surface area contributed by atoms with E-state index in [2.05, 4.69) is 10.9 Å². The Morgan fingerprint density at radius 1 is 1.44 bits per heavy atom. The van der Waals surface area contributed by atoms with Crippen LogP contribution in [0.4, 0.5) is 5.69 Å². The molecule has 96 valence electrons. The molecule has 18 heavy (non-hydrogen) atoms. The fourth-order valence-electron chi connectivity index (χ4n) is 1.98. The molecule has 0 aliphatic carbocycles. The molecule has 2 amide bonds. The average molecular weight is 247 g/mol.